The molecule has 0 radical (unpaired) electrons. The SMILES string of the molecule is FC(F)(F)c1cccc(Nc2nc(-c3cccc4ccccc34)cs2)c1. The molecule has 3 aromatic carbocycles. The highest BCUT2D eigenvalue weighted by molar-refractivity contribution is 7.14. The second kappa shape index (κ2) is 6.46. The fourth-order valence-electron chi connectivity index (χ4n) is 2.80. The van der Waals surface area contributed by atoms with Crippen molar-refractivity contribution < 1.29 is 13.2 Å². The maximum Gasteiger partial charge on any atom is 0.416 e. The van der Waals surface area contributed by atoms with Gasteiger partial charge in [0.2, 0.25) is 0 Å². The molecule has 0 aliphatic heterocycles. The minimum atomic E-state index is -4.37. The van der Waals surface area contributed by atoms with E-state index in [2.05, 4.69) is 10.3 Å². The van der Waals surface area contributed by atoms with Crippen LogP contribution in [0.15, 0.2) is 72.1 Å². The molecule has 4 rings (SSSR count). The van der Waals surface area contributed by atoms with Crippen LogP contribution in [-0.4, -0.2) is 4.98 Å². The lowest BCUT2D eigenvalue weighted by Gasteiger charge is -2.09. The largest absolute Gasteiger partial charge is 0.416 e. The summed E-state index contributed by atoms with van der Waals surface area (Å²) in [5, 5.41) is 7.62. The highest BCUT2D eigenvalue weighted by Crippen LogP contribution is 2.34. The van der Waals surface area contributed by atoms with Crippen molar-refractivity contribution in [1.82, 2.24) is 4.98 Å². The molecule has 6 heteroatoms. The number of anilines is 2. The Morgan fingerprint density at radius 3 is 2.50 bits per heavy atom. The van der Waals surface area contributed by atoms with Gasteiger partial charge in [-0.3, -0.25) is 0 Å². The summed E-state index contributed by atoms with van der Waals surface area (Å²) in [6, 6.07) is 19.1. The Bertz CT molecular complexity index is 1060. The molecule has 0 unspecified atom stereocenters. The molecule has 2 nitrogen and oxygen atoms in total. The normalized spacial score (nSPS) is 11.7. The smallest absolute Gasteiger partial charge is 0.332 e. The van der Waals surface area contributed by atoms with Crippen LogP contribution in [0.25, 0.3) is 22.0 Å². The van der Waals surface area contributed by atoms with Gasteiger partial charge in [0.15, 0.2) is 5.13 Å². The van der Waals surface area contributed by atoms with Crippen molar-refractivity contribution in [3.8, 4) is 11.3 Å². The van der Waals surface area contributed by atoms with Crippen LogP contribution in [0.3, 0.4) is 0 Å². The zero-order chi connectivity index (χ0) is 18.1. The number of thiazole rings is 1. The molecule has 1 N–H and O–H groups in total. The molecule has 0 fully saturated rings. The Labute approximate surface area is 151 Å². The number of benzene rings is 3. The van der Waals surface area contributed by atoms with Crippen LogP contribution in [-0.2, 0) is 6.18 Å². The van der Waals surface area contributed by atoms with Crippen molar-refractivity contribution in [2.75, 3.05) is 5.32 Å². The van der Waals surface area contributed by atoms with Gasteiger partial charge in [-0.1, -0.05) is 48.5 Å². The number of alkyl halides is 3. The third kappa shape index (κ3) is 3.28. The van der Waals surface area contributed by atoms with Crippen molar-refractivity contribution in [3.63, 3.8) is 0 Å². The average molecular weight is 370 g/mol. The van der Waals surface area contributed by atoms with E-state index in [4.69, 9.17) is 0 Å². The standard InChI is InChI=1S/C20H13F3N2S/c21-20(22,23)14-7-4-8-15(11-14)24-19-25-18(12-26-19)17-10-3-6-13-5-1-2-9-16(13)17/h1-12H,(H,24,25). The first-order valence-electron chi connectivity index (χ1n) is 7.89. The Morgan fingerprint density at radius 1 is 0.885 bits per heavy atom. The van der Waals surface area contributed by atoms with E-state index in [9.17, 15) is 13.2 Å². The molecule has 26 heavy (non-hydrogen) atoms. The molecule has 1 aromatic heterocycles. The molecule has 0 spiro atoms. The van der Waals surface area contributed by atoms with Crippen molar-refractivity contribution >= 4 is 32.9 Å². The van der Waals surface area contributed by atoms with E-state index < -0.39 is 11.7 Å². The van der Waals surface area contributed by atoms with E-state index >= 15 is 0 Å². The van der Waals surface area contributed by atoms with Gasteiger partial charge < -0.3 is 5.32 Å². The number of nitrogens with zero attached hydrogens (tertiary/aromatic N) is 1. The molecule has 0 aliphatic carbocycles. The van der Waals surface area contributed by atoms with Gasteiger partial charge in [0.25, 0.3) is 0 Å². The van der Waals surface area contributed by atoms with Gasteiger partial charge >= 0.3 is 6.18 Å². The third-order valence-electron chi connectivity index (χ3n) is 4.01. The Hall–Kier alpha value is -2.86. The van der Waals surface area contributed by atoms with Gasteiger partial charge in [-0.05, 0) is 29.0 Å². The second-order valence-corrected chi connectivity index (χ2v) is 6.63. The van der Waals surface area contributed by atoms with E-state index in [1.807, 2.05) is 47.8 Å². The maximum absolute atomic E-state index is 12.8. The summed E-state index contributed by atoms with van der Waals surface area (Å²) in [4.78, 5) is 4.54. The van der Waals surface area contributed by atoms with Crippen LogP contribution in [0.1, 0.15) is 5.56 Å². The summed E-state index contributed by atoms with van der Waals surface area (Å²) in [5.74, 6) is 0. The molecular weight excluding hydrogens is 357 g/mol. The molecular formula is C20H13F3N2S. The molecule has 0 amide bonds. The monoisotopic (exact) mass is 370 g/mol. The Morgan fingerprint density at radius 2 is 1.65 bits per heavy atom. The minimum absolute atomic E-state index is 0.360. The molecule has 0 atom stereocenters. The van der Waals surface area contributed by atoms with Gasteiger partial charge in [0, 0.05) is 16.6 Å². The quantitative estimate of drug-likeness (QED) is 0.433. The van der Waals surface area contributed by atoms with Crippen LogP contribution < -0.4 is 5.32 Å². The first-order chi connectivity index (χ1) is 12.5. The third-order valence-corrected chi connectivity index (χ3v) is 4.77. The molecule has 4 aromatic rings. The van der Waals surface area contributed by atoms with E-state index in [0.717, 1.165) is 34.2 Å². The summed E-state index contributed by atoms with van der Waals surface area (Å²) in [6.07, 6.45) is -4.37. The molecule has 0 bridgehead atoms. The Kier molecular flexibility index (Phi) is 4.12. The van der Waals surface area contributed by atoms with Gasteiger partial charge in [0.1, 0.15) is 0 Å². The minimum Gasteiger partial charge on any atom is -0.332 e. The molecule has 130 valence electrons. The molecule has 0 aliphatic rings. The number of halogens is 3. The van der Waals surface area contributed by atoms with Crippen LogP contribution in [0, 0.1) is 0 Å². The zero-order valence-corrected chi connectivity index (χ0v) is 14.2. The summed E-state index contributed by atoms with van der Waals surface area (Å²) in [6.45, 7) is 0. The number of hydrogen-bond acceptors (Lipinski definition) is 3. The molecule has 0 saturated carbocycles. The van der Waals surface area contributed by atoms with Gasteiger partial charge in [0.05, 0.1) is 11.3 Å². The Balaban J connectivity index is 1.65. The van der Waals surface area contributed by atoms with E-state index in [1.165, 1.54) is 17.4 Å². The number of fused-ring (bicyclic) bond motifs is 1. The van der Waals surface area contributed by atoms with Crippen LogP contribution in [0.2, 0.25) is 0 Å². The van der Waals surface area contributed by atoms with Gasteiger partial charge in [-0.15, -0.1) is 11.3 Å². The van der Waals surface area contributed by atoms with E-state index in [-0.39, 0.29) is 0 Å². The average Bonchev–Trinajstić information content (AvgIpc) is 3.09. The van der Waals surface area contributed by atoms with Crippen LogP contribution >= 0.6 is 11.3 Å². The summed E-state index contributed by atoms with van der Waals surface area (Å²) < 4.78 is 38.5. The predicted molar refractivity (Wildman–Crippen MR) is 99.8 cm³/mol. The lowest BCUT2D eigenvalue weighted by Crippen LogP contribution is -2.05. The lowest BCUT2D eigenvalue weighted by molar-refractivity contribution is -0.137. The van der Waals surface area contributed by atoms with Crippen LogP contribution in [0.5, 0.6) is 0 Å². The highest BCUT2D eigenvalue weighted by Gasteiger charge is 2.30. The van der Waals surface area contributed by atoms with E-state index in [0.29, 0.717) is 10.8 Å². The lowest BCUT2D eigenvalue weighted by atomic mass is 10.0. The zero-order valence-electron chi connectivity index (χ0n) is 13.4. The number of aromatic nitrogens is 1. The summed E-state index contributed by atoms with van der Waals surface area (Å²) >= 11 is 1.36. The topological polar surface area (TPSA) is 24.9 Å². The van der Waals surface area contributed by atoms with E-state index in [1.54, 1.807) is 6.07 Å². The highest BCUT2D eigenvalue weighted by atomic mass is 32.1. The van der Waals surface area contributed by atoms with Crippen molar-refractivity contribution in [2.24, 2.45) is 0 Å². The number of nitrogens with one attached hydrogen (secondary N) is 1. The summed E-state index contributed by atoms with van der Waals surface area (Å²) in [7, 11) is 0. The summed E-state index contributed by atoms with van der Waals surface area (Å²) in [5.41, 5.74) is 1.46. The van der Waals surface area contributed by atoms with Gasteiger partial charge in [-0.25, -0.2) is 4.98 Å². The number of rotatable bonds is 3. The fraction of sp³-hybridized carbons (Fsp3) is 0.0500. The number of hydrogen-bond donors (Lipinski definition) is 1. The fourth-order valence-corrected chi connectivity index (χ4v) is 3.53. The van der Waals surface area contributed by atoms with Gasteiger partial charge in [-0.2, -0.15) is 13.2 Å². The molecule has 0 saturated heterocycles. The predicted octanol–water partition coefficient (Wildman–Crippen LogP) is 6.73. The second-order valence-electron chi connectivity index (χ2n) is 5.77. The first kappa shape index (κ1) is 16.6. The molecule has 1 heterocycles. The van der Waals surface area contributed by atoms with Crippen molar-refractivity contribution in [1.29, 1.82) is 0 Å². The first-order valence-corrected chi connectivity index (χ1v) is 8.77. The van der Waals surface area contributed by atoms with Crippen LogP contribution in [0.4, 0.5) is 24.0 Å². The van der Waals surface area contributed by atoms with Crippen molar-refractivity contribution in [2.45, 2.75) is 6.18 Å². The van der Waals surface area contributed by atoms with Crippen molar-refractivity contribution in [3.05, 3.63) is 77.7 Å². The maximum atomic E-state index is 12.8.